The lowest BCUT2D eigenvalue weighted by molar-refractivity contribution is 0.0574. The second-order valence-electron chi connectivity index (χ2n) is 7.98. The molecule has 1 unspecified atom stereocenters. The number of morpholine rings is 1. The minimum absolute atomic E-state index is 0.214. The minimum Gasteiger partial charge on any atom is -0.378 e. The standard InChI is InChI=1S/C23H26N4O3S2/c1-17-4-10-20(11-5-17)32(28,29)27-22(18-6-8-19(9-7-18)25(2)3)21(16-24)23(31-27)26-12-14-30-15-13-26/h4-11,22H,12-15H2,1-3H3. The molecule has 2 heterocycles. The summed E-state index contributed by atoms with van der Waals surface area (Å²) in [5.74, 6) is 0. The predicted octanol–water partition coefficient (Wildman–Crippen LogP) is 3.52. The van der Waals surface area contributed by atoms with Crippen molar-refractivity contribution < 1.29 is 13.2 Å². The maximum absolute atomic E-state index is 13.7. The van der Waals surface area contributed by atoms with Crippen LogP contribution in [0.3, 0.4) is 0 Å². The maximum atomic E-state index is 13.7. The van der Waals surface area contributed by atoms with E-state index < -0.39 is 16.1 Å². The number of ether oxygens (including phenoxy) is 1. The quantitative estimate of drug-likeness (QED) is 0.619. The van der Waals surface area contributed by atoms with Gasteiger partial charge in [0.1, 0.15) is 5.03 Å². The zero-order chi connectivity index (χ0) is 22.9. The first kappa shape index (κ1) is 22.7. The Morgan fingerprint density at radius 3 is 2.25 bits per heavy atom. The van der Waals surface area contributed by atoms with E-state index in [-0.39, 0.29) is 4.90 Å². The number of rotatable bonds is 5. The van der Waals surface area contributed by atoms with Crippen molar-refractivity contribution >= 4 is 27.7 Å². The molecular formula is C23H26N4O3S2. The first-order chi connectivity index (χ1) is 15.3. The minimum atomic E-state index is -3.86. The summed E-state index contributed by atoms with van der Waals surface area (Å²) < 4.78 is 34.3. The summed E-state index contributed by atoms with van der Waals surface area (Å²) in [6.45, 7) is 4.27. The van der Waals surface area contributed by atoms with E-state index >= 15 is 0 Å². The number of nitrogens with zero attached hydrogens (tertiary/aromatic N) is 4. The molecule has 2 aliphatic rings. The van der Waals surface area contributed by atoms with Crippen molar-refractivity contribution in [3.63, 3.8) is 0 Å². The van der Waals surface area contributed by atoms with Crippen LogP contribution in [0.1, 0.15) is 17.2 Å². The molecular weight excluding hydrogens is 444 g/mol. The Morgan fingerprint density at radius 1 is 1.06 bits per heavy atom. The summed E-state index contributed by atoms with van der Waals surface area (Å²) in [6, 6.07) is 16.1. The molecule has 2 aliphatic heterocycles. The Balaban J connectivity index is 1.81. The Kier molecular flexibility index (Phi) is 6.49. The van der Waals surface area contributed by atoms with Gasteiger partial charge in [0, 0.05) is 32.9 Å². The van der Waals surface area contributed by atoms with Gasteiger partial charge in [-0.25, -0.2) is 8.42 Å². The van der Waals surface area contributed by atoms with Crippen molar-refractivity contribution in [2.45, 2.75) is 17.9 Å². The lowest BCUT2D eigenvalue weighted by atomic mass is 10.0. The van der Waals surface area contributed by atoms with Gasteiger partial charge >= 0.3 is 0 Å². The van der Waals surface area contributed by atoms with Crippen LogP contribution < -0.4 is 4.90 Å². The smallest absolute Gasteiger partial charge is 0.253 e. The highest BCUT2D eigenvalue weighted by Crippen LogP contribution is 2.50. The third kappa shape index (κ3) is 4.24. The molecule has 1 fully saturated rings. The first-order valence-electron chi connectivity index (χ1n) is 10.4. The molecule has 2 aromatic carbocycles. The van der Waals surface area contributed by atoms with E-state index in [0.29, 0.717) is 36.9 Å². The third-order valence-electron chi connectivity index (χ3n) is 5.59. The Hall–Kier alpha value is -2.51. The van der Waals surface area contributed by atoms with Crippen LogP contribution in [0.15, 0.2) is 64.0 Å². The highest BCUT2D eigenvalue weighted by atomic mass is 32.3. The number of anilines is 1. The van der Waals surface area contributed by atoms with E-state index in [9.17, 15) is 13.7 Å². The molecule has 2 aromatic rings. The number of hydrogen-bond donors (Lipinski definition) is 0. The predicted molar refractivity (Wildman–Crippen MR) is 126 cm³/mol. The molecule has 0 spiro atoms. The van der Waals surface area contributed by atoms with Crippen LogP contribution in [0.5, 0.6) is 0 Å². The van der Waals surface area contributed by atoms with E-state index in [2.05, 4.69) is 11.0 Å². The van der Waals surface area contributed by atoms with Crippen LogP contribution in [0.4, 0.5) is 5.69 Å². The topological polar surface area (TPSA) is 76.9 Å². The summed E-state index contributed by atoms with van der Waals surface area (Å²) in [7, 11) is 0.0416. The maximum Gasteiger partial charge on any atom is 0.253 e. The highest BCUT2D eigenvalue weighted by Gasteiger charge is 2.45. The van der Waals surface area contributed by atoms with Crippen molar-refractivity contribution in [1.82, 2.24) is 8.61 Å². The van der Waals surface area contributed by atoms with Gasteiger partial charge in [0.25, 0.3) is 10.0 Å². The van der Waals surface area contributed by atoms with Crippen molar-refractivity contribution in [3.8, 4) is 6.07 Å². The fourth-order valence-corrected chi connectivity index (χ4v) is 6.87. The van der Waals surface area contributed by atoms with Crippen LogP contribution in [0.2, 0.25) is 0 Å². The zero-order valence-electron chi connectivity index (χ0n) is 18.4. The monoisotopic (exact) mass is 470 g/mol. The molecule has 0 bridgehead atoms. The van der Waals surface area contributed by atoms with Gasteiger partial charge in [-0.05, 0) is 48.7 Å². The van der Waals surface area contributed by atoms with Gasteiger partial charge in [-0.3, -0.25) is 0 Å². The van der Waals surface area contributed by atoms with E-state index in [1.165, 1.54) is 3.71 Å². The molecule has 0 saturated carbocycles. The third-order valence-corrected chi connectivity index (χ3v) is 9.00. The second kappa shape index (κ2) is 9.16. The van der Waals surface area contributed by atoms with Gasteiger partial charge in [0.15, 0.2) is 0 Å². The number of sulfonamides is 1. The first-order valence-corrected chi connectivity index (χ1v) is 12.6. The average Bonchev–Trinajstić information content (AvgIpc) is 3.20. The SMILES string of the molecule is Cc1ccc(S(=O)(=O)N2SC(N3CCOCC3)=C(C#N)C2c2ccc(N(C)C)cc2)cc1. The molecule has 0 radical (unpaired) electrons. The number of hydrogen-bond acceptors (Lipinski definition) is 7. The molecule has 168 valence electrons. The number of benzene rings is 2. The Bertz CT molecular complexity index is 1150. The van der Waals surface area contributed by atoms with Crippen molar-refractivity contribution in [1.29, 1.82) is 5.26 Å². The second-order valence-corrected chi connectivity index (χ2v) is 11.0. The molecule has 0 N–H and O–H groups in total. The molecule has 4 rings (SSSR count). The van der Waals surface area contributed by atoms with E-state index in [4.69, 9.17) is 4.74 Å². The van der Waals surface area contributed by atoms with Gasteiger partial charge < -0.3 is 14.5 Å². The molecule has 7 nitrogen and oxygen atoms in total. The Labute approximate surface area is 194 Å². The van der Waals surface area contributed by atoms with Gasteiger partial charge in [0.2, 0.25) is 0 Å². The molecule has 0 aromatic heterocycles. The molecule has 1 atom stereocenters. The van der Waals surface area contributed by atoms with E-state index in [1.807, 2.05) is 50.2 Å². The fraction of sp³-hybridized carbons (Fsp3) is 0.348. The lowest BCUT2D eigenvalue weighted by Gasteiger charge is -2.29. The number of nitriles is 1. The van der Waals surface area contributed by atoms with Crippen molar-refractivity contribution in [2.24, 2.45) is 0 Å². The summed E-state index contributed by atoms with van der Waals surface area (Å²) in [5.41, 5.74) is 3.20. The van der Waals surface area contributed by atoms with Gasteiger partial charge in [-0.15, -0.1) is 3.71 Å². The summed E-state index contributed by atoms with van der Waals surface area (Å²) >= 11 is 1.13. The molecule has 32 heavy (non-hydrogen) atoms. The van der Waals surface area contributed by atoms with Gasteiger partial charge in [-0.2, -0.15) is 5.26 Å². The summed E-state index contributed by atoms with van der Waals surface area (Å²) in [6.07, 6.45) is 0. The van der Waals surface area contributed by atoms with Crippen LogP contribution in [0, 0.1) is 18.3 Å². The molecule has 9 heteroatoms. The van der Waals surface area contributed by atoms with Crippen LogP contribution in [0.25, 0.3) is 0 Å². The van der Waals surface area contributed by atoms with Crippen LogP contribution in [-0.2, 0) is 14.8 Å². The highest BCUT2D eigenvalue weighted by molar-refractivity contribution is 8.11. The lowest BCUT2D eigenvalue weighted by Crippen LogP contribution is -2.35. The summed E-state index contributed by atoms with van der Waals surface area (Å²) in [5, 5.41) is 10.8. The van der Waals surface area contributed by atoms with Gasteiger partial charge in [-0.1, -0.05) is 29.8 Å². The molecule has 1 saturated heterocycles. The molecule has 0 aliphatic carbocycles. The van der Waals surface area contributed by atoms with Crippen LogP contribution >= 0.6 is 11.9 Å². The van der Waals surface area contributed by atoms with Crippen molar-refractivity contribution in [2.75, 3.05) is 45.3 Å². The van der Waals surface area contributed by atoms with E-state index in [1.54, 1.807) is 24.3 Å². The Morgan fingerprint density at radius 2 is 1.69 bits per heavy atom. The van der Waals surface area contributed by atoms with E-state index in [0.717, 1.165) is 28.8 Å². The van der Waals surface area contributed by atoms with Crippen LogP contribution in [-0.4, -0.2) is 57.4 Å². The fourth-order valence-electron chi connectivity index (χ4n) is 3.76. The largest absolute Gasteiger partial charge is 0.378 e. The van der Waals surface area contributed by atoms with Crippen molar-refractivity contribution in [3.05, 3.63) is 70.3 Å². The average molecular weight is 471 g/mol. The normalized spacial score (nSPS) is 19.8. The summed E-state index contributed by atoms with van der Waals surface area (Å²) in [4.78, 5) is 4.25. The molecule has 0 amide bonds. The van der Waals surface area contributed by atoms with Gasteiger partial charge in [0.05, 0.1) is 35.8 Å². The number of aryl methyl sites for hydroxylation is 1. The zero-order valence-corrected chi connectivity index (χ0v) is 20.0.